The maximum absolute atomic E-state index is 5.53. The summed E-state index contributed by atoms with van der Waals surface area (Å²) in [5, 5.41) is 0. The number of hydrogen-bond acceptors (Lipinski definition) is 3. The molecule has 16 heavy (non-hydrogen) atoms. The Morgan fingerprint density at radius 1 is 1.62 bits per heavy atom. The highest BCUT2D eigenvalue weighted by molar-refractivity contribution is 9.10. The van der Waals surface area contributed by atoms with Gasteiger partial charge < -0.3 is 4.74 Å². The van der Waals surface area contributed by atoms with Gasteiger partial charge in [-0.3, -0.25) is 11.3 Å². The van der Waals surface area contributed by atoms with E-state index in [9.17, 15) is 0 Å². The molecule has 0 aliphatic heterocycles. The van der Waals surface area contributed by atoms with Crippen LogP contribution in [0.1, 0.15) is 24.4 Å². The van der Waals surface area contributed by atoms with Crippen LogP contribution in [-0.4, -0.2) is 7.11 Å². The standard InChI is InChI=1S/C12H15BrN2O/c1-3-4-5-12(15-14)10-8-9(16-2)6-7-11(10)13/h1,6-8,12,15H,4-5,14H2,2H3. The van der Waals surface area contributed by atoms with Crippen molar-refractivity contribution in [2.24, 2.45) is 5.84 Å². The predicted molar refractivity (Wildman–Crippen MR) is 68.8 cm³/mol. The van der Waals surface area contributed by atoms with Gasteiger partial charge in [0, 0.05) is 16.9 Å². The van der Waals surface area contributed by atoms with Crippen LogP contribution in [0.4, 0.5) is 0 Å². The Labute approximate surface area is 104 Å². The molecule has 3 N–H and O–H groups in total. The van der Waals surface area contributed by atoms with Crippen LogP contribution in [0.25, 0.3) is 0 Å². The molecule has 0 aliphatic rings. The molecule has 0 saturated carbocycles. The number of halogens is 1. The molecular weight excluding hydrogens is 268 g/mol. The van der Waals surface area contributed by atoms with Crippen molar-refractivity contribution in [3.63, 3.8) is 0 Å². The average molecular weight is 283 g/mol. The van der Waals surface area contributed by atoms with Crippen molar-refractivity contribution in [3.8, 4) is 18.1 Å². The van der Waals surface area contributed by atoms with Crippen molar-refractivity contribution in [1.82, 2.24) is 5.43 Å². The van der Waals surface area contributed by atoms with Crippen molar-refractivity contribution in [2.45, 2.75) is 18.9 Å². The molecule has 0 radical (unpaired) electrons. The van der Waals surface area contributed by atoms with Gasteiger partial charge in [0.2, 0.25) is 0 Å². The van der Waals surface area contributed by atoms with E-state index in [1.165, 1.54) is 0 Å². The highest BCUT2D eigenvalue weighted by atomic mass is 79.9. The first-order valence-corrected chi connectivity index (χ1v) is 5.75. The summed E-state index contributed by atoms with van der Waals surface area (Å²) >= 11 is 3.49. The van der Waals surface area contributed by atoms with Crippen molar-refractivity contribution in [1.29, 1.82) is 0 Å². The summed E-state index contributed by atoms with van der Waals surface area (Å²) in [6.07, 6.45) is 6.72. The molecule has 3 nitrogen and oxygen atoms in total. The topological polar surface area (TPSA) is 47.3 Å². The molecular formula is C12H15BrN2O. The number of hydrogen-bond donors (Lipinski definition) is 2. The molecule has 0 heterocycles. The zero-order valence-electron chi connectivity index (χ0n) is 9.16. The second-order valence-electron chi connectivity index (χ2n) is 3.35. The molecule has 0 amide bonds. The first-order chi connectivity index (χ1) is 7.72. The summed E-state index contributed by atoms with van der Waals surface area (Å²) in [7, 11) is 1.64. The third-order valence-corrected chi connectivity index (χ3v) is 3.08. The summed E-state index contributed by atoms with van der Waals surface area (Å²) in [6.45, 7) is 0. The van der Waals surface area contributed by atoms with Gasteiger partial charge >= 0.3 is 0 Å². The van der Waals surface area contributed by atoms with Crippen LogP contribution in [-0.2, 0) is 0 Å². The van der Waals surface area contributed by atoms with Crippen molar-refractivity contribution < 1.29 is 4.74 Å². The molecule has 0 spiro atoms. The largest absolute Gasteiger partial charge is 0.497 e. The normalized spacial score (nSPS) is 11.9. The molecule has 0 aliphatic carbocycles. The molecule has 0 aromatic heterocycles. The second kappa shape index (κ2) is 6.54. The van der Waals surface area contributed by atoms with Crippen LogP contribution in [0.2, 0.25) is 0 Å². The van der Waals surface area contributed by atoms with Crippen molar-refractivity contribution in [2.75, 3.05) is 7.11 Å². The lowest BCUT2D eigenvalue weighted by Gasteiger charge is -2.17. The van der Waals surface area contributed by atoms with Crippen LogP contribution in [0, 0.1) is 12.3 Å². The number of nitrogens with one attached hydrogen (secondary N) is 1. The third kappa shape index (κ3) is 3.24. The number of rotatable bonds is 5. The molecule has 86 valence electrons. The highest BCUT2D eigenvalue weighted by Gasteiger charge is 2.13. The Hall–Kier alpha value is -1.02. The van der Waals surface area contributed by atoms with Gasteiger partial charge in [-0.05, 0) is 30.2 Å². The number of nitrogens with two attached hydrogens (primary N) is 1. The van der Waals surface area contributed by atoms with Gasteiger partial charge in [0.05, 0.1) is 7.11 Å². The van der Waals surface area contributed by atoms with E-state index < -0.39 is 0 Å². The minimum absolute atomic E-state index is 0.0283. The highest BCUT2D eigenvalue weighted by Crippen LogP contribution is 2.29. The smallest absolute Gasteiger partial charge is 0.119 e. The molecule has 0 bridgehead atoms. The Morgan fingerprint density at radius 2 is 2.38 bits per heavy atom. The van der Waals surface area contributed by atoms with Crippen LogP contribution >= 0.6 is 15.9 Å². The van der Waals surface area contributed by atoms with Crippen LogP contribution < -0.4 is 16.0 Å². The maximum Gasteiger partial charge on any atom is 0.119 e. The predicted octanol–water partition coefficient (Wildman–Crippen LogP) is 2.38. The quantitative estimate of drug-likeness (QED) is 0.495. The zero-order chi connectivity index (χ0) is 12.0. The van der Waals surface area contributed by atoms with Gasteiger partial charge in [-0.15, -0.1) is 12.3 Å². The van der Waals surface area contributed by atoms with E-state index in [-0.39, 0.29) is 6.04 Å². The number of benzene rings is 1. The van der Waals surface area contributed by atoms with Crippen molar-refractivity contribution >= 4 is 15.9 Å². The van der Waals surface area contributed by atoms with E-state index >= 15 is 0 Å². The number of terminal acetylenes is 1. The van der Waals surface area contributed by atoms with Crippen LogP contribution in [0.3, 0.4) is 0 Å². The summed E-state index contributed by atoms with van der Waals surface area (Å²) in [5.41, 5.74) is 3.82. The fourth-order valence-electron chi connectivity index (χ4n) is 1.47. The number of methoxy groups -OCH3 is 1. The Balaban J connectivity index is 2.94. The fourth-order valence-corrected chi connectivity index (χ4v) is 2.00. The first kappa shape index (κ1) is 13.0. The lowest BCUT2D eigenvalue weighted by Crippen LogP contribution is -2.28. The van der Waals surface area contributed by atoms with E-state index in [0.717, 1.165) is 22.2 Å². The third-order valence-electron chi connectivity index (χ3n) is 2.36. The summed E-state index contributed by atoms with van der Waals surface area (Å²) < 4.78 is 6.17. The molecule has 0 fully saturated rings. The minimum Gasteiger partial charge on any atom is -0.497 e. The van der Waals surface area contributed by atoms with Crippen molar-refractivity contribution in [3.05, 3.63) is 28.2 Å². The van der Waals surface area contributed by atoms with Gasteiger partial charge in [-0.2, -0.15) is 0 Å². The number of ether oxygens (including phenoxy) is 1. The SMILES string of the molecule is C#CCCC(NN)c1cc(OC)ccc1Br. The van der Waals surface area contributed by atoms with E-state index in [1.54, 1.807) is 7.11 Å². The van der Waals surface area contributed by atoms with Gasteiger partial charge in [-0.1, -0.05) is 15.9 Å². The summed E-state index contributed by atoms with van der Waals surface area (Å²) in [5.74, 6) is 8.94. The van der Waals surface area contributed by atoms with Gasteiger partial charge in [0.25, 0.3) is 0 Å². The number of hydrazine groups is 1. The van der Waals surface area contributed by atoms with Crippen LogP contribution in [0.15, 0.2) is 22.7 Å². The minimum atomic E-state index is 0.0283. The molecule has 4 heteroatoms. The first-order valence-electron chi connectivity index (χ1n) is 4.96. The summed E-state index contributed by atoms with van der Waals surface area (Å²) in [4.78, 5) is 0. The monoisotopic (exact) mass is 282 g/mol. The molecule has 1 rings (SSSR count). The fraction of sp³-hybridized carbons (Fsp3) is 0.333. The van der Waals surface area contributed by atoms with Gasteiger partial charge in [-0.25, -0.2) is 0 Å². The van der Waals surface area contributed by atoms with E-state index in [1.807, 2.05) is 18.2 Å². The summed E-state index contributed by atoms with van der Waals surface area (Å²) in [6, 6.07) is 5.81. The molecule has 1 aromatic carbocycles. The average Bonchev–Trinajstić information content (AvgIpc) is 2.32. The van der Waals surface area contributed by atoms with E-state index in [2.05, 4.69) is 27.3 Å². The molecule has 0 saturated heterocycles. The van der Waals surface area contributed by atoms with E-state index in [4.69, 9.17) is 17.0 Å². The lowest BCUT2D eigenvalue weighted by atomic mass is 10.0. The van der Waals surface area contributed by atoms with Gasteiger partial charge in [0.1, 0.15) is 5.75 Å². The molecule has 1 unspecified atom stereocenters. The molecule has 1 aromatic rings. The zero-order valence-corrected chi connectivity index (χ0v) is 10.8. The Kier molecular flexibility index (Phi) is 5.33. The van der Waals surface area contributed by atoms with Crippen LogP contribution in [0.5, 0.6) is 5.75 Å². The Bertz CT molecular complexity index is 387. The van der Waals surface area contributed by atoms with Gasteiger partial charge in [0.15, 0.2) is 0 Å². The van der Waals surface area contributed by atoms with E-state index in [0.29, 0.717) is 6.42 Å². The lowest BCUT2D eigenvalue weighted by molar-refractivity contribution is 0.412. The molecule has 1 atom stereocenters. The maximum atomic E-state index is 5.53. The Morgan fingerprint density at radius 3 is 2.94 bits per heavy atom. The second-order valence-corrected chi connectivity index (χ2v) is 4.20.